The average molecular weight is 178 g/mol. The minimum absolute atomic E-state index is 0. The predicted molar refractivity (Wildman–Crippen MR) is 36.5 cm³/mol. The van der Waals surface area contributed by atoms with Crippen LogP contribution >= 0.6 is 12.4 Å². The molecule has 0 aromatic rings. The summed E-state index contributed by atoms with van der Waals surface area (Å²) in [5, 5.41) is 2.64. The molecule has 0 aliphatic heterocycles. The first kappa shape index (κ1) is 12.7. The molecule has 0 fully saturated rings. The molecule has 0 aromatic heterocycles. The Kier molecular flexibility index (Phi) is 7.36. The molecule has 10 heavy (non-hydrogen) atoms. The quantitative estimate of drug-likeness (QED) is 0.650. The molecular weight excluding hydrogens is 167 g/mol. The summed E-state index contributed by atoms with van der Waals surface area (Å²) in [5.41, 5.74) is 0. The molecule has 0 atom stereocenters. The molecule has 0 bridgehead atoms. The number of alkyl halides is 3. The molecule has 0 aromatic carbocycles. The highest BCUT2D eigenvalue weighted by Gasteiger charge is 2.25. The van der Waals surface area contributed by atoms with E-state index in [4.69, 9.17) is 0 Å². The van der Waals surface area contributed by atoms with Crippen molar-refractivity contribution < 1.29 is 13.2 Å². The summed E-state index contributed by atoms with van der Waals surface area (Å²) in [6.07, 6.45) is -4.51. The van der Waals surface area contributed by atoms with E-state index in [9.17, 15) is 13.2 Å². The lowest BCUT2D eigenvalue weighted by Gasteiger charge is -2.03. The van der Waals surface area contributed by atoms with E-state index in [1.807, 2.05) is 0 Å². The predicted octanol–water partition coefficient (Wildman–Crippen LogP) is 1.97. The Morgan fingerprint density at radius 3 is 2.10 bits per heavy atom. The molecule has 1 N–H and O–H groups in total. The molecule has 0 spiro atoms. The normalized spacial score (nSPS) is 10.8. The van der Waals surface area contributed by atoms with Gasteiger partial charge in [-0.1, -0.05) is 0 Å². The highest BCUT2D eigenvalue weighted by Crippen LogP contribution is 2.20. The van der Waals surface area contributed by atoms with Crippen LogP contribution in [0.2, 0.25) is 0 Å². The maximum atomic E-state index is 11.4. The first-order valence-electron chi connectivity index (χ1n) is 2.77. The van der Waals surface area contributed by atoms with E-state index in [0.717, 1.165) is 0 Å². The molecule has 0 aliphatic carbocycles. The van der Waals surface area contributed by atoms with Crippen molar-refractivity contribution in [3.05, 3.63) is 0 Å². The van der Waals surface area contributed by atoms with Crippen molar-refractivity contribution in [1.82, 2.24) is 5.32 Å². The lowest BCUT2D eigenvalue weighted by Crippen LogP contribution is -2.13. The second kappa shape index (κ2) is 5.80. The fourth-order valence-corrected chi connectivity index (χ4v) is 0.466. The van der Waals surface area contributed by atoms with Crippen molar-refractivity contribution in [2.24, 2.45) is 0 Å². The molecule has 0 saturated heterocycles. The summed E-state index contributed by atoms with van der Waals surface area (Å²) in [6.45, 7) is 0.430. The molecule has 5 heteroatoms. The van der Waals surface area contributed by atoms with Crippen molar-refractivity contribution in [3.8, 4) is 0 Å². The van der Waals surface area contributed by atoms with E-state index in [2.05, 4.69) is 5.32 Å². The van der Waals surface area contributed by atoms with E-state index in [1.165, 1.54) is 0 Å². The Morgan fingerprint density at radius 2 is 1.80 bits per heavy atom. The topological polar surface area (TPSA) is 12.0 Å². The van der Waals surface area contributed by atoms with E-state index >= 15 is 0 Å². The summed E-state index contributed by atoms with van der Waals surface area (Å²) in [7, 11) is 1.64. The molecule has 0 unspecified atom stereocenters. The van der Waals surface area contributed by atoms with Crippen LogP contribution in [-0.2, 0) is 0 Å². The monoisotopic (exact) mass is 177 g/mol. The largest absolute Gasteiger partial charge is 0.389 e. The summed E-state index contributed by atoms with van der Waals surface area (Å²) >= 11 is 0. The Morgan fingerprint density at radius 1 is 1.30 bits per heavy atom. The third kappa shape index (κ3) is 10.9. The second-order valence-corrected chi connectivity index (χ2v) is 1.82. The second-order valence-electron chi connectivity index (χ2n) is 1.82. The van der Waals surface area contributed by atoms with Crippen LogP contribution in [0.15, 0.2) is 0 Å². The Hall–Kier alpha value is 0.0400. The van der Waals surface area contributed by atoms with Crippen LogP contribution in [0.25, 0.3) is 0 Å². The highest BCUT2D eigenvalue weighted by molar-refractivity contribution is 5.85. The maximum Gasteiger partial charge on any atom is 0.389 e. The van der Waals surface area contributed by atoms with Crippen LogP contribution in [0.3, 0.4) is 0 Å². The standard InChI is InChI=1S/C5H10F3N.ClH/c1-9-4-2-3-5(6,7)8;/h9H,2-4H2,1H3;1H. The van der Waals surface area contributed by atoms with Gasteiger partial charge in [0.15, 0.2) is 0 Å². The highest BCUT2D eigenvalue weighted by atomic mass is 35.5. The smallest absolute Gasteiger partial charge is 0.320 e. The minimum Gasteiger partial charge on any atom is -0.320 e. The molecule has 0 aliphatic rings. The fourth-order valence-electron chi connectivity index (χ4n) is 0.466. The third-order valence-electron chi connectivity index (χ3n) is 0.887. The first-order chi connectivity index (χ1) is 4.06. The van der Waals surface area contributed by atoms with Gasteiger partial charge >= 0.3 is 6.18 Å². The van der Waals surface area contributed by atoms with Gasteiger partial charge in [-0.2, -0.15) is 13.2 Å². The van der Waals surface area contributed by atoms with E-state index in [0.29, 0.717) is 6.54 Å². The molecule has 0 amide bonds. The Balaban J connectivity index is 0. The van der Waals surface area contributed by atoms with Crippen LogP contribution in [0.1, 0.15) is 12.8 Å². The SMILES string of the molecule is CNCCCC(F)(F)F.Cl. The lowest BCUT2D eigenvalue weighted by atomic mass is 10.3. The van der Waals surface area contributed by atoms with Crippen molar-refractivity contribution in [2.45, 2.75) is 19.0 Å². The van der Waals surface area contributed by atoms with Crippen molar-refractivity contribution in [2.75, 3.05) is 13.6 Å². The van der Waals surface area contributed by atoms with Gasteiger partial charge in [0.25, 0.3) is 0 Å². The molecule has 0 rings (SSSR count). The van der Waals surface area contributed by atoms with E-state index in [1.54, 1.807) is 7.05 Å². The van der Waals surface area contributed by atoms with Crippen molar-refractivity contribution in [1.29, 1.82) is 0 Å². The molecule has 0 radical (unpaired) electrons. The molecule has 0 heterocycles. The average Bonchev–Trinajstić information content (AvgIpc) is 1.63. The minimum atomic E-state index is -3.99. The van der Waals surface area contributed by atoms with Gasteiger partial charge < -0.3 is 5.32 Å². The first-order valence-corrected chi connectivity index (χ1v) is 2.77. The summed E-state index contributed by atoms with van der Waals surface area (Å²) in [5.74, 6) is 0. The van der Waals surface area contributed by atoms with Gasteiger partial charge in [-0.25, -0.2) is 0 Å². The van der Waals surface area contributed by atoms with Crippen LogP contribution in [0.5, 0.6) is 0 Å². The maximum absolute atomic E-state index is 11.4. The number of rotatable bonds is 3. The van der Waals surface area contributed by atoms with Gasteiger partial charge in [-0.05, 0) is 20.0 Å². The summed E-state index contributed by atoms with van der Waals surface area (Å²) < 4.78 is 34.1. The molecule has 0 saturated carbocycles. The lowest BCUT2D eigenvalue weighted by molar-refractivity contribution is -0.135. The van der Waals surface area contributed by atoms with Crippen LogP contribution in [-0.4, -0.2) is 19.8 Å². The number of hydrogen-bond donors (Lipinski definition) is 1. The zero-order chi connectivity index (χ0) is 7.33. The van der Waals surface area contributed by atoms with Crippen LogP contribution < -0.4 is 5.32 Å². The van der Waals surface area contributed by atoms with E-state index in [-0.39, 0.29) is 18.8 Å². The zero-order valence-electron chi connectivity index (χ0n) is 5.66. The number of hydrogen-bond acceptors (Lipinski definition) is 1. The summed E-state index contributed by atoms with van der Waals surface area (Å²) in [4.78, 5) is 0. The zero-order valence-corrected chi connectivity index (χ0v) is 6.48. The molecular formula is C5H11ClF3N. The Labute approximate surface area is 64.4 Å². The van der Waals surface area contributed by atoms with Crippen molar-refractivity contribution >= 4 is 12.4 Å². The van der Waals surface area contributed by atoms with Crippen molar-refractivity contribution in [3.63, 3.8) is 0 Å². The number of nitrogens with one attached hydrogen (secondary N) is 1. The fraction of sp³-hybridized carbons (Fsp3) is 1.00. The molecule has 64 valence electrons. The number of halogens is 4. The van der Waals surface area contributed by atoms with Crippen LogP contribution in [0.4, 0.5) is 13.2 Å². The van der Waals surface area contributed by atoms with Gasteiger partial charge in [0.05, 0.1) is 0 Å². The molecule has 1 nitrogen and oxygen atoms in total. The third-order valence-corrected chi connectivity index (χ3v) is 0.887. The van der Waals surface area contributed by atoms with Gasteiger partial charge in [0.1, 0.15) is 0 Å². The summed E-state index contributed by atoms with van der Waals surface area (Å²) in [6, 6.07) is 0. The van der Waals surface area contributed by atoms with Gasteiger partial charge in [-0.15, -0.1) is 12.4 Å². The van der Waals surface area contributed by atoms with Gasteiger partial charge in [0.2, 0.25) is 0 Å². The van der Waals surface area contributed by atoms with E-state index < -0.39 is 12.6 Å². The van der Waals surface area contributed by atoms with Gasteiger partial charge in [-0.3, -0.25) is 0 Å². The Bertz CT molecular complexity index is 73.8. The van der Waals surface area contributed by atoms with Gasteiger partial charge in [0, 0.05) is 6.42 Å². The van der Waals surface area contributed by atoms with Crippen LogP contribution in [0, 0.1) is 0 Å².